The SMILES string of the molecule is COc1ccc(NC(=O)Cn2c3c(sc2=O)[C@@H](c2cccc(Cl)c2Cl)[C@@H]2C(=O)N(c4ccc(F)cc4)C(=O)[C@@H]2S3)cc1. The summed E-state index contributed by atoms with van der Waals surface area (Å²) in [5, 5.41) is 2.69. The third-order valence-corrected chi connectivity index (χ3v) is 10.6. The Morgan fingerprint density at radius 2 is 1.71 bits per heavy atom. The van der Waals surface area contributed by atoms with Gasteiger partial charge in [0, 0.05) is 16.5 Å². The first-order chi connectivity index (χ1) is 20.2. The highest BCUT2D eigenvalue weighted by molar-refractivity contribution is 8.00. The molecule has 0 radical (unpaired) electrons. The van der Waals surface area contributed by atoms with Gasteiger partial charge in [-0.25, -0.2) is 9.29 Å². The van der Waals surface area contributed by atoms with Crippen molar-refractivity contribution in [1.29, 1.82) is 0 Å². The fraction of sp³-hybridized carbons (Fsp3) is 0.172. The van der Waals surface area contributed by atoms with Gasteiger partial charge in [-0.05, 0) is 60.2 Å². The number of hydrogen-bond donors (Lipinski definition) is 1. The van der Waals surface area contributed by atoms with E-state index in [1.54, 1.807) is 42.5 Å². The number of nitrogens with zero attached hydrogens (tertiary/aromatic N) is 2. The minimum Gasteiger partial charge on any atom is -0.497 e. The van der Waals surface area contributed by atoms with Crippen LogP contribution in [0, 0.1) is 11.7 Å². The number of rotatable bonds is 6. The van der Waals surface area contributed by atoms with Crippen LogP contribution in [-0.2, 0) is 20.9 Å². The molecule has 3 heterocycles. The molecule has 3 amide bonds. The van der Waals surface area contributed by atoms with Crippen molar-refractivity contribution in [3.05, 3.63) is 103 Å². The summed E-state index contributed by atoms with van der Waals surface area (Å²) in [6.07, 6.45) is 0. The van der Waals surface area contributed by atoms with Crippen LogP contribution in [0.1, 0.15) is 16.4 Å². The second-order valence-corrected chi connectivity index (χ2v) is 12.5. The van der Waals surface area contributed by atoms with Crippen LogP contribution in [0.15, 0.2) is 76.6 Å². The smallest absolute Gasteiger partial charge is 0.308 e. The van der Waals surface area contributed by atoms with Gasteiger partial charge in [-0.15, -0.1) is 0 Å². The molecular formula is C29H20Cl2FN3O5S2. The van der Waals surface area contributed by atoms with Crippen LogP contribution >= 0.6 is 46.3 Å². The predicted octanol–water partition coefficient (Wildman–Crippen LogP) is 5.80. The van der Waals surface area contributed by atoms with E-state index in [0.717, 1.165) is 28.0 Å². The van der Waals surface area contributed by atoms with Gasteiger partial charge in [-0.2, -0.15) is 0 Å². The molecule has 42 heavy (non-hydrogen) atoms. The number of ether oxygens (including phenoxy) is 1. The van der Waals surface area contributed by atoms with Gasteiger partial charge in [0.2, 0.25) is 17.7 Å². The summed E-state index contributed by atoms with van der Waals surface area (Å²) in [6, 6.07) is 16.8. The highest BCUT2D eigenvalue weighted by Crippen LogP contribution is 2.55. The molecule has 0 bridgehead atoms. The summed E-state index contributed by atoms with van der Waals surface area (Å²) < 4.78 is 20.1. The first-order valence-electron chi connectivity index (χ1n) is 12.6. The quantitative estimate of drug-likeness (QED) is 0.267. The Kier molecular flexibility index (Phi) is 7.61. The molecule has 0 unspecified atom stereocenters. The Labute approximate surface area is 257 Å². The van der Waals surface area contributed by atoms with E-state index in [4.69, 9.17) is 27.9 Å². The maximum Gasteiger partial charge on any atom is 0.308 e. The van der Waals surface area contributed by atoms with Crippen molar-refractivity contribution in [3.8, 4) is 5.75 Å². The Morgan fingerprint density at radius 1 is 1.00 bits per heavy atom. The monoisotopic (exact) mass is 643 g/mol. The molecule has 0 spiro atoms. The average molecular weight is 645 g/mol. The lowest BCUT2D eigenvalue weighted by Crippen LogP contribution is -2.33. The molecule has 214 valence electrons. The van der Waals surface area contributed by atoms with Crippen molar-refractivity contribution >= 4 is 75.4 Å². The minimum absolute atomic E-state index is 0.200. The Hall–Kier alpha value is -3.64. The van der Waals surface area contributed by atoms with Crippen LogP contribution in [0.4, 0.5) is 15.8 Å². The zero-order chi connectivity index (χ0) is 29.7. The van der Waals surface area contributed by atoms with Gasteiger partial charge < -0.3 is 10.1 Å². The first kappa shape index (κ1) is 28.5. The Balaban J connectivity index is 1.41. The summed E-state index contributed by atoms with van der Waals surface area (Å²) in [5.74, 6) is -3.06. The third kappa shape index (κ3) is 4.90. The topological polar surface area (TPSA) is 97.7 Å². The fourth-order valence-corrected chi connectivity index (χ4v) is 8.40. The molecule has 2 aliphatic heterocycles. The average Bonchev–Trinajstić information content (AvgIpc) is 3.42. The van der Waals surface area contributed by atoms with Crippen LogP contribution in [0.25, 0.3) is 0 Å². The second-order valence-electron chi connectivity index (χ2n) is 9.57. The lowest BCUT2D eigenvalue weighted by atomic mass is 9.83. The number of methoxy groups -OCH3 is 1. The van der Waals surface area contributed by atoms with Crippen molar-refractivity contribution in [3.63, 3.8) is 0 Å². The number of anilines is 2. The standard InChI is InChI=1S/C29H20Cl2FN3O5S2/c1-40-17-11-7-15(8-12-17)33-20(36)13-34-28-25(42-29(34)39)21(18-3-2-4-19(30)23(18)31)22-24(41-28)27(38)35(26(22)37)16-9-5-14(32)6-10-16/h2-12,21-22,24H,13H2,1H3,(H,33,36)/t21-,22-,24+/m0/s1. The number of aromatic nitrogens is 1. The van der Waals surface area contributed by atoms with Crippen molar-refractivity contribution in [2.75, 3.05) is 17.3 Å². The number of fused-ring (bicyclic) bond motifs is 2. The van der Waals surface area contributed by atoms with Crippen molar-refractivity contribution < 1.29 is 23.5 Å². The molecular weight excluding hydrogens is 624 g/mol. The van der Waals surface area contributed by atoms with Crippen molar-refractivity contribution in [1.82, 2.24) is 4.57 Å². The molecule has 1 aromatic heterocycles. The number of thiazole rings is 1. The zero-order valence-corrected chi connectivity index (χ0v) is 24.8. The summed E-state index contributed by atoms with van der Waals surface area (Å²) in [6.45, 7) is -0.319. The number of carbonyl (C=O) groups excluding carboxylic acids is 3. The number of hydrogen-bond acceptors (Lipinski definition) is 7. The minimum atomic E-state index is -0.931. The molecule has 0 saturated carbocycles. The first-order valence-corrected chi connectivity index (χ1v) is 15.0. The lowest BCUT2D eigenvalue weighted by Gasteiger charge is -2.31. The third-order valence-electron chi connectivity index (χ3n) is 7.13. The van der Waals surface area contributed by atoms with Gasteiger partial charge in [-0.1, -0.05) is 58.4 Å². The van der Waals surface area contributed by atoms with E-state index in [1.807, 2.05) is 0 Å². The van der Waals surface area contributed by atoms with E-state index >= 15 is 0 Å². The molecule has 3 atom stereocenters. The number of amides is 3. The Bertz CT molecular complexity index is 1790. The highest BCUT2D eigenvalue weighted by Gasteiger charge is 2.57. The van der Waals surface area contributed by atoms with Crippen molar-refractivity contribution in [2.24, 2.45) is 5.92 Å². The van der Waals surface area contributed by atoms with Gasteiger partial charge >= 0.3 is 4.87 Å². The number of thioether (sulfide) groups is 1. The molecule has 8 nitrogen and oxygen atoms in total. The number of carbonyl (C=O) groups is 3. The van der Waals surface area contributed by atoms with Gasteiger partial charge in [0.15, 0.2) is 0 Å². The number of halogens is 3. The molecule has 6 rings (SSSR count). The van der Waals surface area contributed by atoms with Crippen LogP contribution in [0.3, 0.4) is 0 Å². The van der Waals surface area contributed by atoms with Crippen LogP contribution in [-0.4, -0.2) is 34.6 Å². The van der Waals surface area contributed by atoms with Gasteiger partial charge in [0.25, 0.3) is 0 Å². The van der Waals surface area contributed by atoms with Gasteiger partial charge in [0.1, 0.15) is 23.4 Å². The summed E-state index contributed by atoms with van der Waals surface area (Å²) >= 11 is 14.9. The van der Waals surface area contributed by atoms with E-state index in [2.05, 4.69) is 5.32 Å². The van der Waals surface area contributed by atoms with E-state index in [-0.39, 0.29) is 22.3 Å². The van der Waals surface area contributed by atoms with Crippen LogP contribution < -0.4 is 19.8 Å². The zero-order valence-electron chi connectivity index (χ0n) is 21.7. The predicted molar refractivity (Wildman–Crippen MR) is 161 cm³/mol. The van der Waals surface area contributed by atoms with E-state index in [9.17, 15) is 23.6 Å². The largest absolute Gasteiger partial charge is 0.497 e. The van der Waals surface area contributed by atoms with E-state index < -0.39 is 45.5 Å². The number of nitrogens with one attached hydrogen (secondary N) is 1. The van der Waals surface area contributed by atoms with Gasteiger partial charge in [0.05, 0.1) is 33.8 Å². The molecule has 4 aromatic rings. The van der Waals surface area contributed by atoms with E-state index in [0.29, 0.717) is 26.9 Å². The summed E-state index contributed by atoms with van der Waals surface area (Å²) in [5.41, 5.74) is 1.23. The fourth-order valence-electron chi connectivity index (χ4n) is 5.21. The van der Waals surface area contributed by atoms with Gasteiger partial charge in [-0.3, -0.25) is 23.7 Å². The normalized spacial score (nSPS) is 19.4. The highest BCUT2D eigenvalue weighted by atomic mass is 35.5. The molecule has 13 heteroatoms. The summed E-state index contributed by atoms with van der Waals surface area (Å²) in [4.78, 5) is 55.1. The molecule has 3 aromatic carbocycles. The molecule has 1 fully saturated rings. The summed E-state index contributed by atoms with van der Waals surface area (Å²) in [7, 11) is 1.54. The van der Waals surface area contributed by atoms with Crippen LogP contribution in [0.2, 0.25) is 10.0 Å². The maximum absolute atomic E-state index is 13.9. The van der Waals surface area contributed by atoms with Crippen molar-refractivity contribution in [2.45, 2.75) is 22.7 Å². The maximum atomic E-state index is 13.9. The second kappa shape index (κ2) is 11.2. The number of benzene rings is 3. The number of imide groups is 1. The Morgan fingerprint density at radius 3 is 2.40 bits per heavy atom. The van der Waals surface area contributed by atoms with Crippen LogP contribution in [0.5, 0.6) is 5.75 Å². The van der Waals surface area contributed by atoms with E-state index in [1.165, 1.54) is 35.9 Å². The molecule has 1 saturated heterocycles. The molecule has 0 aliphatic carbocycles. The lowest BCUT2D eigenvalue weighted by molar-refractivity contribution is -0.122. The molecule has 2 aliphatic rings. The molecule has 1 N–H and O–H groups in total.